The van der Waals surface area contributed by atoms with Crippen molar-refractivity contribution in [2.75, 3.05) is 20.0 Å². The third-order valence-corrected chi connectivity index (χ3v) is 5.93. The minimum Gasteiger partial charge on any atom is -0.504 e. The number of hydrogen-bond donors (Lipinski definition) is 2. The van der Waals surface area contributed by atoms with E-state index >= 15 is 0 Å². The van der Waals surface area contributed by atoms with E-state index in [9.17, 15) is 9.90 Å². The van der Waals surface area contributed by atoms with Gasteiger partial charge >= 0.3 is 0 Å². The maximum absolute atomic E-state index is 13.0. The van der Waals surface area contributed by atoms with Gasteiger partial charge < -0.3 is 20.3 Å². The van der Waals surface area contributed by atoms with Gasteiger partial charge in [0.25, 0.3) is 5.56 Å². The van der Waals surface area contributed by atoms with Crippen molar-refractivity contribution >= 4 is 27.2 Å². The van der Waals surface area contributed by atoms with Crippen LogP contribution in [0.3, 0.4) is 0 Å². The highest BCUT2D eigenvalue weighted by atomic mass is 32.1. The van der Waals surface area contributed by atoms with Crippen molar-refractivity contribution in [2.24, 2.45) is 7.05 Å². The number of nitrogens with two attached hydrogens (primary N) is 1. The van der Waals surface area contributed by atoms with Gasteiger partial charge in [-0.2, -0.15) is 0 Å². The summed E-state index contributed by atoms with van der Waals surface area (Å²) in [5, 5.41) is 15.4. The molecule has 29 heavy (non-hydrogen) atoms. The van der Waals surface area contributed by atoms with E-state index in [-0.39, 0.29) is 17.1 Å². The first-order valence-corrected chi connectivity index (χ1v) is 9.58. The van der Waals surface area contributed by atoms with Crippen LogP contribution in [0.15, 0.2) is 47.3 Å². The first kappa shape index (κ1) is 18.8. The molecule has 0 aliphatic heterocycles. The standard InChI is InChI=1S/C21H19N3O4S/c1-24-21(26)17(18(25)20(22)23-24)16-13-9-8-11(27-2)10-15(13)29-19(16)12-6-4-5-7-14(12)28-3/h4-10,25H,1-3H3,(H2,22,23). The Morgan fingerprint density at radius 2 is 1.86 bits per heavy atom. The Morgan fingerprint density at radius 1 is 1.10 bits per heavy atom. The van der Waals surface area contributed by atoms with Gasteiger partial charge in [-0.1, -0.05) is 12.1 Å². The van der Waals surface area contributed by atoms with Crippen LogP contribution in [0.4, 0.5) is 5.82 Å². The minimum atomic E-state index is -0.441. The van der Waals surface area contributed by atoms with Crippen molar-refractivity contribution in [1.82, 2.24) is 9.78 Å². The maximum atomic E-state index is 13.0. The SMILES string of the molecule is COc1ccc2c(-c3c(O)c(N)nn(C)c3=O)c(-c3ccccc3OC)sc2c1. The first-order chi connectivity index (χ1) is 14.0. The molecular weight excluding hydrogens is 390 g/mol. The fraction of sp³-hybridized carbons (Fsp3) is 0.143. The predicted octanol–water partition coefficient (Wildman–Crippen LogP) is 3.63. The predicted molar refractivity (Wildman–Crippen MR) is 115 cm³/mol. The third-order valence-electron chi connectivity index (χ3n) is 4.74. The van der Waals surface area contributed by atoms with E-state index in [2.05, 4.69) is 5.10 Å². The smallest absolute Gasteiger partial charge is 0.278 e. The molecule has 0 radical (unpaired) electrons. The molecule has 0 fully saturated rings. The molecule has 0 saturated carbocycles. The number of para-hydroxylation sites is 1. The molecule has 2 aromatic carbocycles. The quantitative estimate of drug-likeness (QED) is 0.534. The topological polar surface area (TPSA) is 99.6 Å². The van der Waals surface area contributed by atoms with Crippen LogP contribution >= 0.6 is 11.3 Å². The van der Waals surface area contributed by atoms with Gasteiger partial charge in [-0.3, -0.25) is 4.79 Å². The highest BCUT2D eigenvalue weighted by Gasteiger charge is 2.25. The number of hydrogen-bond acceptors (Lipinski definition) is 7. The second kappa shape index (κ2) is 7.14. The Morgan fingerprint density at radius 3 is 2.59 bits per heavy atom. The molecule has 0 atom stereocenters. The molecule has 0 aliphatic carbocycles. The fourth-order valence-corrected chi connectivity index (χ4v) is 4.61. The molecule has 7 nitrogen and oxygen atoms in total. The van der Waals surface area contributed by atoms with Crippen LogP contribution in [-0.4, -0.2) is 29.1 Å². The van der Waals surface area contributed by atoms with E-state index in [1.54, 1.807) is 14.2 Å². The summed E-state index contributed by atoms with van der Waals surface area (Å²) in [6.45, 7) is 0. The summed E-state index contributed by atoms with van der Waals surface area (Å²) < 4.78 is 12.9. The summed E-state index contributed by atoms with van der Waals surface area (Å²) in [5.74, 6) is 0.912. The van der Waals surface area contributed by atoms with Crippen molar-refractivity contribution in [2.45, 2.75) is 0 Å². The number of ether oxygens (including phenoxy) is 2. The average molecular weight is 409 g/mol. The van der Waals surface area contributed by atoms with Gasteiger partial charge in [0.1, 0.15) is 11.5 Å². The third kappa shape index (κ3) is 2.98. The largest absolute Gasteiger partial charge is 0.504 e. The van der Waals surface area contributed by atoms with Gasteiger partial charge in [0.15, 0.2) is 11.6 Å². The summed E-state index contributed by atoms with van der Waals surface area (Å²) in [5.41, 5.74) is 6.93. The van der Waals surface area contributed by atoms with Crippen LogP contribution in [0.5, 0.6) is 17.2 Å². The molecule has 0 amide bonds. The Kier molecular flexibility index (Phi) is 4.63. The lowest BCUT2D eigenvalue weighted by atomic mass is 9.98. The molecule has 2 aromatic heterocycles. The van der Waals surface area contributed by atoms with Gasteiger partial charge in [0.2, 0.25) is 0 Å². The number of nitrogens with zero attached hydrogens (tertiary/aromatic N) is 2. The zero-order chi connectivity index (χ0) is 20.7. The molecule has 0 aliphatic rings. The molecule has 0 spiro atoms. The zero-order valence-corrected chi connectivity index (χ0v) is 16.9. The highest BCUT2D eigenvalue weighted by Crippen LogP contribution is 2.49. The van der Waals surface area contributed by atoms with Gasteiger partial charge in [-0.05, 0) is 30.3 Å². The molecule has 0 saturated heterocycles. The van der Waals surface area contributed by atoms with Crippen LogP contribution in [0, 0.1) is 0 Å². The monoisotopic (exact) mass is 409 g/mol. The van der Waals surface area contributed by atoms with E-state index in [0.717, 1.165) is 25.2 Å². The van der Waals surface area contributed by atoms with E-state index in [1.807, 2.05) is 42.5 Å². The van der Waals surface area contributed by atoms with Crippen molar-refractivity contribution in [3.63, 3.8) is 0 Å². The van der Waals surface area contributed by atoms with Crippen LogP contribution in [-0.2, 0) is 7.05 Å². The summed E-state index contributed by atoms with van der Waals surface area (Å²) in [7, 11) is 4.69. The lowest BCUT2D eigenvalue weighted by Crippen LogP contribution is -2.22. The minimum absolute atomic E-state index is 0.109. The van der Waals surface area contributed by atoms with Gasteiger partial charge in [0, 0.05) is 33.1 Å². The van der Waals surface area contributed by atoms with E-state index < -0.39 is 5.56 Å². The molecular formula is C21H19N3O4S. The van der Waals surface area contributed by atoms with E-state index in [4.69, 9.17) is 15.2 Å². The second-order valence-corrected chi connectivity index (χ2v) is 7.46. The summed E-state index contributed by atoms with van der Waals surface area (Å²) >= 11 is 1.48. The lowest BCUT2D eigenvalue weighted by Gasteiger charge is -2.12. The Bertz CT molecular complexity index is 1290. The maximum Gasteiger partial charge on any atom is 0.278 e. The number of methoxy groups -OCH3 is 2. The zero-order valence-electron chi connectivity index (χ0n) is 16.1. The number of nitrogen functional groups attached to an aromatic ring is 1. The second-order valence-electron chi connectivity index (χ2n) is 6.41. The molecule has 4 aromatic rings. The van der Waals surface area contributed by atoms with Crippen molar-refractivity contribution < 1.29 is 14.6 Å². The van der Waals surface area contributed by atoms with Crippen molar-refractivity contribution in [1.29, 1.82) is 0 Å². The molecule has 0 bridgehead atoms. The van der Waals surface area contributed by atoms with E-state index in [0.29, 0.717) is 17.1 Å². The Balaban J connectivity index is 2.18. The number of fused-ring (bicyclic) bond motifs is 1. The molecule has 4 rings (SSSR count). The lowest BCUT2D eigenvalue weighted by molar-refractivity contribution is 0.415. The number of anilines is 1. The van der Waals surface area contributed by atoms with Gasteiger partial charge in [-0.15, -0.1) is 16.4 Å². The average Bonchev–Trinajstić information content (AvgIpc) is 3.10. The molecule has 3 N–H and O–H groups in total. The van der Waals surface area contributed by atoms with Crippen LogP contribution < -0.4 is 20.8 Å². The molecule has 0 unspecified atom stereocenters. The number of aromatic hydroxyl groups is 1. The Labute approximate surface area is 170 Å². The molecule has 148 valence electrons. The fourth-order valence-electron chi connectivity index (χ4n) is 3.34. The van der Waals surface area contributed by atoms with E-state index in [1.165, 1.54) is 18.4 Å². The highest BCUT2D eigenvalue weighted by molar-refractivity contribution is 7.23. The molecule has 2 heterocycles. The summed E-state index contributed by atoms with van der Waals surface area (Å²) in [6, 6.07) is 13.1. The van der Waals surface area contributed by atoms with Gasteiger partial charge in [0.05, 0.1) is 19.8 Å². The summed E-state index contributed by atoms with van der Waals surface area (Å²) in [4.78, 5) is 13.8. The Hall–Kier alpha value is -3.52. The number of aryl methyl sites for hydroxylation is 1. The van der Waals surface area contributed by atoms with Crippen LogP contribution in [0.2, 0.25) is 0 Å². The number of benzene rings is 2. The van der Waals surface area contributed by atoms with Crippen molar-refractivity contribution in [3.05, 3.63) is 52.8 Å². The number of thiophene rings is 1. The summed E-state index contributed by atoms with van der Waals surface area (Å²) in [6.07, 6.45) is 0. The van der Waals surface area contributed by atoms with Crippen LogP contribution in [0.1, 0.15) is 0 Å². The van der Waals surface area contributed by atoms with Crippen molar-refractivity contribution in [3.8, 4) is 38.8 Å². The van der Waals surface area contributed by atoms with Crippen LogP contribution in [0.25, 0.3) is 31.7 Å². The first-order valence-electron chi connectivity index (χ1n) is 8.76. The number of rotatable bonds is 4. The van der Waals surface area contributed by atoms with Gasteiger partial charge in [-0.25, -0.2) is 4.68 Å². The normalized spacial score (nSPS) is 11.0. The number of aromatic nitrogens is 2. The molecule has 8 heteroatoms.